The second-order valence-electron chi connectivity index (χ2n) is 4.61. The molecule has 0 aliphatic carbocycles. The highest BCUT2D eigenvalue weighted by Gasteiger charge is 2.32. The summed E-state index contributed by atoms with van der Waals surface area (Å²) in [5, 5.41) is 0. The van der Waals surface area contributed by atoms with Gasteiger partial charge in [0.05, 0.1) is 0 Å². The Morgan fingerprint density at radius 1 is 1.24 bits per heavy atom. The smallest absolute Gasteiger partial charge is 0.418 e. The zero-order valence-corrected chi connectivity index (χ0v) is 10.7. The second kappa shape index (κ2) is 7.63. The van der Waals surface area contributed by atoms with Crippen molar-refractivity contribution in [1.29, 1.82) is 0 Å². The molecule has 0 amide bonds. The molecule has 1 fully saturated rings. The fourth-order valence-electron chi connectivity index (χ4n) is 1.65. The van der Waals surface area contributed by atoms with Gasteiger partial charge in [0.15, 0.2) is 0 Å². The second-order valence-corrected chi connectivity index (χ2v) is 4.61. The number of halogens is 4. The van der Waals surface area contributed by atoms with Crippen LogP contribution in [-0.2, 0) is 0 Å². The van der Waals surface area contributed by atoms with Crippen molar-refractivity contribution in [2.24, 2.45) is 5.92 Å². The summed E-state index contributed by atoms with van der Waals surface area (Å²) in [5.74, 6) is 0.853. The van der Waals surface area contributed by atoms with Gasteiger partial charge in [-0.1, -0.05) is 6.92 Å². The molecule has 1 unspecified atom stereocenters. The maximum atomic E-state index is 9.75. The minimum Gasteiger partial charge on any atom is -0.418 e. The molecule has 0 aromatic heterocycles. The first kappa shape index (κ1) is 18.7. The highest BCUT2D eigenvalue weighted by Crippen LogP contribution is 2.30. The lowest BCUT2D eigenvalue weighted by Crippen LogP contribution is -2.49. The monoisotopic (exact) mass is 260 g/mol. The van der Waals surface area contributed by atoms with Crippen molar-refractivity contribution in [2.75, 3.05) is 13.6 Å². The van der Waals surface area contributed by atoms with E-state index in [0.717, 1.165) is 5.92 Å². The number of piperidine rings is 1. The van der Waals surface area contributed by atoms with Crippen molar-refractivity contribution in [3.05, 3.63) is 4.91 Å². The molecular formula is C9H21BF4N2O. The number of hydrogen-bond acceptors (Lipinski definition) is 2. The number of nitrogens with zero attached hydrogens (tertiary/aromatic N) is 1. The highest BCUT2D eigenvalue weighted by atomic mass is 19.5. The van der Waals surface area contributed by atoms with Gasteiger partial charge in [-0.2, -0.15) is 0 Å². The van der Waals surface area contributed by atoms with Crippen LogP contribution >= 0.6 is 0 Å². The maximum absolute atomic E-state index is 9.75. The predicted molar refractivity (Wildman–Crippen MR) is 60.6 cm³/mol. The van der Waals surface area contributed by atoms with Crippen molar-refractivity contribution in [1.82, 2.24) is 4.90 Å². The van der Waals surface area contributed by atoms with E-state index >= 15 is 0 Å². The molecule has 0 radical (unpaired) electrons. The summed E-state index contributed by atoms with van der Waals surface area (Å²) in [5.41, 5.74) is 3.68. The van der Waals surface area contributed by atoms with Crippen LogP contribution in [0.4, 0.5) is 17.3 Å². The summed E-state index contributed by atoms with van der Waals surface area (Å²) in [6.45, 7) is 8.32. The van der Waals surface area contributed by atoms with E-state index in [9.17, 15) is 17.3 Å². The van der Waals surface area contributed by atoms with Crippen LogP contribution in [0.15, 0.2) is 0 Å². The number of rotatable bonds is 0. The first-order chi connectivity index (χ1) is 7.55. The summed E-state index contributed by atoms with van der Waals surface area (Å²) < 4.78 is 39.0. The zero-order chi connectivity index (χ0) is 14.3. The molecule has 0 spiro atoms. The van der Waals surface area contributed by atoms with E-state index in [1.165, 1.54) is 19.4 Å². The molecule has 8 heteroatoms. The number of hydrogen-bond donors (Lipinski definition) is 1. The third kappa shape index (κ3) is 9.08. The molecule has 1 atom stereocenters. The fourth-order valence-corrected chi connectivity index (χ4v) is 1.65. The molecule has 0 bridgehead atoms. The van der Waals surface area contributed by atoms with Gasteiger partial charge in [0.1, 0.15) is 0 Å². The van der Waals surface area contributed by atoms with Crippen LogP contribution in [0.3, 0.4) is 0 Å². The summed E-state index contributed by atoms with van der Waals surface area (Å²) in [7, 11) is -3.77. The first-order valence-electron chi connectivity index (χ1n) is 5.37. The van der Waals surface area contributed by atoms with Gasteiger partial charge in [-0.15, -0.1) is 0 Å². The van der Waals surface area contributed by atoms with Crippen molar-refractivity contribution in [2.45, 2.75) is 39.2 Å². The van der Waals surface area contributed by atoms with Crippen molar-refractivity contribution < 1.29 is 22.9 Å². The minimum absolute atomic E-state index is 0.429. The average molecular weight is 260 g/mol. The Bertz CT molecular complexity index is 196. The molecule has 104 valence electrons. The van der Waals surface area contributed by atoms with E-state index in [-0.39, 0.29) is 0 Å². The van der Waals surface area contributed by atoms with E-state index < -0.39 is 7.25 Å². The van der Waals surface area contributed by atoms with Crippen molar-refractivity contribution in [3.8, 4) is 0 Å². The molecule has 0 saturated carbocycles. The van der Waals surface area contributed by atoms with Crippen LogP contribution in [0.1, 0.15) is 33.6 Å². The van der Waals surface area contributed by atoms with Gasteiger partial charge in [0.2, 0.25) is 0 Å². The third-order valence-corrected chi connectivity index (χ3v) is 3.32. The normalized spacial score (nSPS) is 23.9. The standard InChI is InChI=1S/C9H19N.BF4.H2NO/c1-8-6-5-7-10(4)9(8,2)3;2-1(3,4)5;1-2/h8H,5-7H2,1-4H3;;1H2/q;-1;+1. The highest BCUT2D eigenvalue weighted by molar-refractivity contribution is 6.50. The zero-order valence-electron chi connectivity index (χ0n) is 10.7. The van der Waals surface area contributed by atoms with Crippen LogP contribution in [0, 0.1) is 10.8 Å². The molecule has 0 aromatic carbocycles. The minimum atomic E-state index is -6.00. The average Bonchev–Trinajstić information content (AvgIpc) is 2.15. The topological polar surface area (TPSA) is 45.9 Å². The SMILES string of the molecule is CC1CCCN(C)C1(C)C.F[B-](F)(F)F.[NH2+]=O. The number of nitrogens with two attached hydrogens (primary N) is 1. The molecule has 3 nitrogen and oxygen atoms in total. The van der Waals surface area contributed by atoms with Crippen LogP contribution in [-0.4, -0.2) is 31.3 Å². The van der Waals surface area contributed by atoms with E-state index in [1.54, 1.807) is 0 Å². The summed E-state index contributed by atoms with van der Waals surface area (Å²) >= 11 is 0. The van der Waals surface area contributed by atoms with Gasteiger partial charge >= 0.3 is 7.25 Å². The first-order valence-corrected chi connectivity index (χ1v) is 5.37. The summed E-state index contributed by atoms with van der Waals surface area (Å²) in [4.78, 5) is 10.2. The molecule has 1 heterocycles. The molecule has 1 aliphatic rings. The van der Waals surface area contributed by atoms with Gasteiger partial charge in [0, 0.05) is 10.4 Å². The Kier molecular flexibility index (Phi) is 8.39. The van der Waals surface area contributed by atoms with Crippen LogP contribution < -0.4 is 5.59 Å². The third-order valence-electron chi connectivity index (χ3n) is 3.32. The lowest BCUT2D eigenvalue weighted by atomic mass is 9.81. The molecular weight excluding hydrogens is 239 g/mol. The van der Waals surface area contributed by atoms with Gasteiger partial charge in [-0.05, 0) is 51.8 Å². The Labute approximate surface area is 99.4 Å². The van der Waals surface area contributed by atoms with Crippen LogP contribution in [0.25, 0.3) is 0 Å². The van der Waals surface area contributed by atoms with Gasteiger partial charge in [-0.25, -0.2) is 0 Å². The number of likely N-dealkylation sites (tertiary alicyclic amines) is 1. The predicted octanol–water partition coefficient (Wildman–Crippen LogP) is 1.94. The Morgan fingerprint density at radius 3 is 1.82 bits per heavy atom. The van der Waals surface area contributed by atoms with Crippen molar-refractivity contribution >= 4 is 7.25 Å². The van der Waals surface area contributed by atoms with E-state index in [1.807, 2.05) is 0 Å². The number of nitroso groups, excluding NO2 is 1. The molecule has 1 rings (SSSR count). The van der Waals surface area contributed by atoms with E-state index in [0.29, 0.717) is 5.54 Å². The maximum Gasteiger partial charge on any atom is 0.673 e. The Morgan fingerprint density at radius 2 is 1.59 bits per heavy atom. The quantitative estimate of drug-likeness (QED) is 0.534. The molecule has 0 aromatic rings. The Hall–Kier alpha value is -0.655. The lowest BCUT2D eigenvalue weighted by Gasteiger charge is -2.44. The van der Waals surface area contributed by atoms with E-state index in [2.05, 4.69) is 38.3 Å². The molecule has 17 heavy (non-hydrogen) atoms. The lowest BCUT2D eigenvalue weighted by molar-refractivity contribution is -0.142. The Balaban J connectivity index is 0. The van der Waals surface area contributed by atoms with Crippen molar-refractivity contribution in [3.63, 3.8) is 0 Å². The fraction of sp³-hybridized carbons (Fsp3) is 1.00. The van der Waals surface area contributed by atoms with Crippen LogP contribution in [0.5, 0.6) is 0 Å². The molecule has 1 saturated heterocycles. The summed E-state index contributed by atoms with van der Waals surface area (Å²) in [6.07, 6.45) is 2.78. The summed E-state index contributed by atoms with van der Waals surface area (Å²) in [6, 6.07) is 0. The molecule has 2 N–H and O–H groups in total. The van der Waals surface area contributed by atoms with E-state index in [4.69, 9.17) is 4.91 Å². The largest absolute Gasteiger partial charge is 0.673 e. The van der Waals surface area contributed by atoms with Gasteiger partial charge < -0.3 is 22.2 Å². The van der Waals surface area contributed by atoms with Gasteiger partial charge in [-0.3, -0.25) is 0 Å². The molecule has 1 aliphatic heterocycles. The van der Waals surface area contributed by atoms with Crippen LogP contribution in [0.2, 0.25) is 0 Å². The van der Waals surface area contributed by atoms with Gasteiger partial charge in [0.25, 0.3) is 0 Å².